The monoisotopic (exact) mass is 730 g/mol. The molecule has 6 rings (SSSR count). The van der Waals surface area contributed by atoms with E-state index < -0.39 is 51.4 Å². The molecule has 0 bridgehead atoms. The average Bonchev–Trinajstić information content (AvgIpc) is 3.50. The minimum Gasteiger partial charge on any atom is -0.497 e. The van der Waals surface area contributed by atoms with Crippen molar-refractivity contribution in [2.75, 3.05) is 23.9 Å². The molecular formula is C29H23BrN4O8S3. The Morgan fingerprint density at radius 2 is 1.76 bits per heavy atom. The molecule has 3 heterocycles. The van der Waals surface area contributed by atoms with Crippen molar-refractivity contribution in [1.29, 1.82) is 0 Å². The van der Waals surface area contributed by atoms with Crippen LogP contribution in [0.2, 0.25) is 0 Å². The highest BCUT2D eigenvalue weighted by atomic mass is 79.9. The number of hydrogen-bond acceptors (Lipinski definition) is 10. The number of nitrogens with one attached hydrogen (secondary N) is 2. The number of carbonyl (C=O) groups excluding carboxylic acids is 3. The molecule has 0 aliphatic carbocycles. The first-order chi connectivity index (χ1) is 21.4. The normalized spacial score (nSPS) is 19.2. The molecule has 232 valence electrons. The number of amides is 3. The maximum absolute atomic E-state index is 14.1. The van der Waals surface area contributed by atoms with Crippen LogP contribution in [0.15, 0.2) is 85.9 Å². The number of anilines is 2. The quantitative estimate of drug-likeness (QED) is 0.228. The number of thioether (sulfide) groups is 1. The Morgan fingerprint density at radius 1 is 1.04 bits per heavy atom. The first-order valence-corrected chi connectivity index (χ1v) is 17.2. The van der Waals surface area contributed by atoms with E-state index in [1.165, 1.54) is 31.4 Å². The molecule has 0 spiro atoms. The molecule has 2 aliphatic rings. The fourth-order valence-corrected chi connectivity index (χ4v) is 8.70. The average molecular weight is 732 g/mol. The Kier molecular flexibility index (Phi) is 8.34. The van der Waals surface area contributed by atoms with Crippen LogP contribution >= 0.6 is 39.0 Å². The van der Waals surface area contributed by atoms with Gasteiger partial charge in [-0.2, -0.15) is 0 Å². The van der Waals surface area contributed by atoms with Gasteiger partial charge in [0.1, 0.15) is 16.7 Å². The molecule has 4 N–H and O–H groups in total. The number of methoxy groups -OCH3 is 1. The Balaban J connectivity index is 1.31. The molecule has 1 saturated heterocycles. The lowest BCUT2D eigenvalue weighted by Gasteiger charge is -2.31. The van der Waals surface area contributed by atoms with Crippen LogP contribution in [-0.2, 0) is 24.4 Å². The van der Waals surface area contributed by atoms with Gasteiger partial charge in [-0.05, 0) is 66.7 Å². The van der Waals surface area contributed by atoms with Gasteiger partial charge in [0.25, 0.3) is 5.91 Å². The summed E-state index contributed by atoms with van der Waals surface area (Å²) in [5.74, 6) is -2.12. The molecule has 3 atom stereocenters. The summed E-state index contributed by atoms with van der Waals surface area (Å²) in [7, 11) is -2.37. The van der Waals surface area contributed by atoms with Crippen LogP contribution in [0.5, 0.6) is 11.5 Å². The highest BCUT2D eigenvalue weighted by Crippen LogP contribution is 2.54. The van der Waals surface area contributed by atoms with E-state index in [1.54, 1.807) is 42.5 Å². The van der Waals surface area contributed by atoms with Crippen molar-refractivity contribution in [2.45, 2.75) is 21.1 Å². The van der Waals surface area contributed by atoms with Crippen LogP contribution in [-0.4, -0.2) is 50.1 Å². The fraction of sp³-hybridized carbons (Fsp3) is 0.172. The molecule has 2 aliphatic heterocycles. The molecule has 45 heavy (non-hydrogen) atoms. The number of benzene rings is 3. The molecule has 3 amide bonds. The number of primary sulfonamides is 1. The zero-order chi connectivity index (χ0) is 32.0. The number of ether oxygens (including phenoxy) is 2. The number of rotatable bonds is 8. The zero-order valence-corrected chi connectivity index (χ0v) is 27.2. The van der Waals surface area contributed by atoms with Gasteiger partial charge in [-0.3, -0.25) is 19.2 Å². The highest BCUT2D eigenvalue weighted by Gasteiger charge is 2.56. The van der Waals surface area contributed by atoms with E-state index in [2.05, 4.69) is 26.2 Å². The number of halogens is 1. The van der Waals surface area contributed by atoms with E-state index in [0.717, 1.165) is 28.0 Å². The second-order valence-electron chi connectivity index (χ2n) is 10.0. The zero-order valence-electron chi connectivity index (χ0n) is 23.2. The Hall–Kier alpha value is -3.96. The molecule has 12 nitrogen and oxygen atoms in total. The molecule has 1 fully saturated rings. The third kappa shape index (κ3) is 6.03. The third-order valence-corrected chi connectivity index (χ3v) is 11.1. The van der Waals surface area contributed by atoms with E-state index >= 15 is 0 Å². The summed E-state index contributed by atoms with van der Waals surface area (Å²) in [5, 5.41) is 7.44. The van der Waals surface area contributed by atoms with E-state index in [-0.39, 0.29) is 15.5 Å². The maximum Gasteiger partial charge on any atom is 0.305 e. The van der Waals surface area contributed by atoms with E-state index in [4.69, 9.17) is 14.6 Å². The van der Waals surface area contributed by atoms with Crippen molar-refractivity contribution < 1.29 is 32.3 Å². The summed E-state index contributed by atoms with van der Waals surface area (Å²) in [4.78, 5) is 57.2. The van der Waals surface area contributed by atoms with Crippen LogP contribution < -0.4 is 29.7 Å². The molecule has 0 unspecified atom stereocenters. The summed E-state index contributed by atoms with van der Waals surface area (Å²) >= 11 is 5.59. The van der Waals surface area contributed by atoms with Gasteiger partial charge in [0.05, 0.1) is 28.6 Å². The van der Waals surface area contributed by atoms with Gasteiger partial charge in [-0.15, -0.1) is 0 Å². The molecular weight excluding hydrogens is 708 g/mol. The summed E-state index contributed by atoms with van der Waals surface area (Å²) in [5.41, 5.74) is 1.24. The van der Waals surface area contributed by atoms with Crippen LogP contribution in [0.4, 0.5) is 11.4 Å². The Bertz CT molecular complexity index is 1990. The minimum atomic E-state index is -3.89. The first kappa shape index (κ1) is 31.0. The number of sulfonamides is 1. The summed E-state index contributed by atoms with van der Waals surface area (Å²) in [6.07, 6.45) is 0. The minimum absolute atomic E-state index is 0.0999. The molecule has 0 radical (unpaired) electrons. The maximum atomic E-state index is 14.1. The number of nitrogens with zero attached hydrogens (tertiary/aromatic N) is 1. The lowest BCUT2D eigenvalue weighted by atomic mass is 9.82. The summed E-state index contributed by atoms with van der Waals surface area (Å²) in [6.45, 7) is -0.428. The van der Waals surface area contributed by atoms with E-state index in [9.17, 15) is 27.6 Å². The number of hydrogen-bond donors (Lipinski definition) is 3. The number of imide groups is 1. The number of nitrogens with two attached hydrogens (primary N) is 1. The van der Waals surface area contributed by atoms with Crippen LogP contribution in [0.3, 0.4) is 0 Å². The molecule has 1 aromatic heterocycles. The van der Waals surface area contributed by atoms with Crippen LogP contribution in [0.25, 0.3) is 0 Å². The topological polar surface area (TPSA) is 178 Å². The standard InChI is InChI=1S/C29H23BrN4O8S3/c1-41-17-7-5-16(6-8-17)34-27(36)23-22(24-26(33-29(38)44-24)43-25(23)28(34)37)19-12-14(30)2-11-20(19)42-13-21(35)32-15-3-9-18(10-4-15)45(31,39)40/h2-12,22-23,25H,13H2,1H3,(H,32,35)(H,33,38)(H2,31,39,40)/t22-,23-,25+/m0/s1. The van der Waals surface area contributed by atoms with Gasteiger partial charge in [-0.1, -0.05) is 39.0 Å². The van der Waals surface area contributed by atoms with Crippen LogP contribution in [0.1, 0.15) is 16.4 Å². The number of H-pyrrole nitrogens is 1. The van der Waals surface area contributed by atoms with E-state index in [1.807, 2.05) is 0 Å². The van der Waals surface area contributed by atoms with Crippen molar-refractivity contribution in [3.8, 4) is 11.5 Å². The second kappa shape index (κ2) is 12.1. The smallest absolute Gasteiger partial charge is 0.305 e. The van der Waals surface area contributed by atoms with Gasteiger partial charge in [0.2, 0.25) is 21.8 Å². The van der Waals surface area contributed by atoms with Crippen molar-refractivity contribution in [2.24, 2.45) is 11.1 Å². The first-order valence-electron chi connectivity index (χ1n) is 13.2. The summed E-state index contributed by atoms with van der Waals surface area (Å²) in [6, 6.07) is 17.0. The van der Waals surface area contributed by atoms with Gasteiger partial charge in [0.15, 0.2) is 6.61 Å². The van der Waals surface area contributed by atoms with Crippen molar-refractivity contribution in [3.63, 3.8) is 0 Å². The molecule has 4 aromatic rings. The lowest BCUT2D eigenvalue weighted by Crippen LogP contribution is -2.32. The fourth-order valence-electron chi connectivity index (χ4n) is 5.30. The van der Waals surface area contributed by atoms with Crippen LogP contribution in [0, 0.1) is 5.92 Å². The van der Waals surface area contributed by atoms with Gasteiger partial charge < -0.3 is 19.8 Å². The van der Waals surface area contributed by atoms with Gasteiger partial charge >= 0.3 is 4.87 Å². The second-order valence-corrected chi connectivity index (χ2v) is 14.7. The molecule has 0 saturated carbocycles. The van der Waals surface area contributed by atoms with Crippen molar-refractivity contribution >= 4 is 78.1 Å². The molecule has 16 heteroatoms. The number of fused-ring (bicyclic) bond motifs is 2. The number of thiazole rings is 1. The Labute approximate surface area is 273 Å². The largest absolute Gasteiger partial charge is 0.497 e. The molecule has 3 aromatic carbocycles. The number of aromatic amines is 1. The van der Waals surface area contributed by atoms with Crippen molar-refractivity contribution in [3.05, 3.63) is 91.3 Å². The highest BCUT2D eigenvalue weighted by molar-refractivity contribution is 9.10. The van der Waals surface area contributed by atoms with Gasteiger partial charge in [-0.25, -0.2) is 18.5 Å². The predicted molar refractivity (Wildman–Crippen MR) is 171 cm³/mol. The SMILES string of the molecule is COc1ccc(N2C(=O)[C@H]3[C@H](c4cc(Br)ccc4OCC(=O)Nc4ccc(S(N)(=O)=O)cc4)c4sc(=O)[nH]c4S[C@H]3C2=O)cc1. The number of carbonyl (C=O) groups is 3. The predicted octanol–water partition coefficient (Wildman–Crippen LogP) is 3.67. The van der Waals surface area contributed by atoms with Crippen molar-refractivity contribution in [1.82, 2.24) is 4.98 Å². The summed E-state index contributed by atoms with van der Waals surface area (Å²) < 4.78 is 34.9. The third-order valence-electron chi connectivity index (χ3n) is 7.29. The lowest BCUT2D eigenvalue weighted by molar-refractivity contribution is -0.122. The Morgan fingerprint density at radius 3 is 2.42 bits per heavy atom. The number of aromatic nitrogens is 1. The van der Waals surface area contributed by atoms with E-state index in [0.29, 0.717) is 37.1 Å². The van der Waals surface area contributed by atoms with Gasteiger partial charge in [0, 0.05) is 26.5 Å².